The fraction of sp³-hybridized carbons (Fsp3) is 0.364. The summed E-state index contributed by atoms with van der Waals surface area (Å²) in [7, 11) is -1.98. The molecule has 0 radical (unpaired) electrons. The van der Waals surface area contributed by atoms with Crippen LogP contribution in [0.4, 0.5) is 5.13 Å². The van der Waals surface area contributed by atoms with Crippen LogP contribution in [0.25, 0.3) is 10.2 Å². The summed E-state index contributed by atoms with van der Waals surface area (Å²) in [5, 5.41) is 3.26. The van der Waals surface area contributed by atoms with Crippen molar-refractivity contribution < 1.29 is 17.9 Å². The van der Waals surface area contributed by atoms with E-state index in [0.29, 0.717) is 35.6 Å². The second-order valence-corrected chi connectivity index (χ2v) is 11.1. The Balaban J connectivity index is 1.49. The van der Waals surface area contributed by atoms with Gasteiger partial charge >= 0.3 is 0 Å². The van der Waals surface area contributed by atoms with Gasteiger partial charge in [0.1, 0.15) is 5.75 Å². The van der Waals surface area contributed by atoms with E-state index in [4.69, 9.17) is 4.74 Å². The number of aromatic nitrogens is 1. The van der Waals surface area contributed by atoms with Crippen molar-refractivity contribution in [1.82, 2.24) is 9.29 Å². The Morgan fingerprint density at radius 2 is 1.81 bits per heavy atom. The predicted octanol–water partition coefficient (Wildman–Crippen LogP) is 4.22. The molecule has 9 heteroatoms. The molecule has 3 aromatic rings. The number of rotatable bonds is 5. The summed E-state index contributed by atoms with van der Waals surface area (Å²) in [5.41, 5.74) is 1.14. The number of nitrogens with one attached hydrogen (secondary N) is 1. The van der Waals surface area contributed by atoms with E-state index in [9.17, 15) is 13.2 Å². The topological polar surface area (TPSA) is 88.6 Å². The number of hydrogen-bond acceptors (Lipinski definition) is 6. The van der Waals surface area contributed by atoms with Gasteiger partial charge < -0.3 is 4.74 Å². The first-order valence-corrected chi connectivity index (χ1v) is 12.4. The zero-order valence-corrected chi connectivity index (χ0v) is 19.3. The molecular formula is C22H25N3O4S2. The molecule has 2 aromatic carbocycles. The van der Waals surface area contributed by atoms with Crippen LogP contribution in [0, 0.1) is 11.8 Å². The summed E-state index contributed by atoms with van der Waals surface area (Å²) < 4.78 is 33.7. The lowest BCUT2D eigenvalue weighted by Crippen LogP contribution is -2.42. The molecule has 2 heterocycles. The molecule has 1 aliphatic heterocycles. The molecular weight excluding hydrogens is 434 g/mol. The minimum Gasteiger partial charge on any atom is -0.497 e. The summed E-state index contributed by atoms with van der Waals surface area (Å²) in [4.78, 5) is 17.3. The van der Waals surface area contributed by atoms with Gasteiger partial charge in [-0.1, -0.05) is 25.2 Å². The zero-order chi connectivity index (χ0) is 22.2. The lowest BCUT2D eigenvalue weighted by Gasteiger charge is -2.34. The fourth-order valence-electron chi connectivity index (χ4n) is 3.98. The Bertz CT molecular complexity index is 1200. The summed E-state index contributed by atoms with van der Waals surface area (Å²) >= 11 is 1.35. The number of fused-ring (bicyclic) bond motifs is 1. The SMILES string of the molecule is COc1ccc2nc(NC(=O)c3ccc(S(=O)(=O)N4C[C@@H](C)C[C@H](C)C4)cc3)sc2c1. The summed E-state index contributed by atoms with van der Waals surface area (Å²) in [6.45, 7) is 5.20. The molecule has 0 aliphatic carbocycles. The number of benzene rings is 2. The Labute approximate surface area is 186 Å². The number of sulfonamides is 1. The highest BCUT2D eigenvalue weighted by Gasteiger charge is 2.31. The number of carbonyl (C=O) groups excluding carboxylic acids is 1. The Morgan fingerprint density at radius 3 is 2.45 bits per heavy atom. The maximum absolute atomic E-state index is 13.0. The number of thiazole rings is 1. The predicted molar refractivity (Wildman–Crippen MR) is 122 cm³/mol. The molecule has 7 nitrogen and oxygen atoms in total. The van der Waals surface area contributed by atoms with Crippen molar-refractivity contribution in [3.8, 4) is 5.75 Å². The van der Waals surface area contributed by atoms with Crippen LogP contribution in [0.2, 0.25) is 0 Å². The minimum absolute atomic E-state index is 0.206. The molecule has 0 spiro atoms. The van der Waals surface area contributed by atoms with Crippen LogP contribution in [0.5, 0.6) is 5.75 Å². The largest absolute Gasteiger partial charge is 0.497 e. The van der Waals surface area contributed by atoms with Gasteiger partial charge in [0.25, 0.3) is 5.91 Å². The number of carbonyl (C=O) groups is 1. The highest BCUT2D eigenvalue weighted by molar-refractivity contribution is 7.89. The van der Waals surface area contributed by atoms with E-state index in [0.717, 1.165) is 22.4 Å². The zero-order valence-electron chi connectivity index (χ0n) is 17.7. The van der Waals surface area contributed by atoms with Crippen molar-refractivity contribution in [2.75, 3.05) is 25.5 Å². The van der Waals surface area contributed by atoms with Gasteiger partial charge in [-0.15, -0.1) is 0 Å². The van der Waals surface area contributed by atoms with Gasteiger partial charge in [-0.2, -0.15) is 4.31 Å². The molecule has 1 fully saturated rings. The van der Waals surface area contributed by atoms with Gasteiger partial charge in [0, 0.05) is 18.7 Å². The highest BCUT2D eigenvalue weighted by atomic mass is 32.2. The quantitative estimate of drug-likeness (QED) is 0.617. The monoisotopic (exact) mass is 459 g/mol. The van der Waals surface area contributed by atoms with Crippen molar-refractivity contribution in [3.05, 3.63) is 48.0 Å². The number of hydrogen-bond donors (Lipinski definition) is 1. The maximum atomic E-state index is 13.0. The van der Waals surface area contributed by atoms with E-state index >= 15 is 0 Å². The van der Waals surface area contributed by atoms with Crippen LogP contribution in [-0.4, -0.2) is 43.8 Å². The lowest BCUT2D eigenvalue weighted by molar-refractivity contribution is 0.102. The first-order valence-electron chi connectivity index (χ1n) is 10.1. The third kappa shape index (κ3) is 4.58. The van der Waals surface area contributed by atoms with Crippen molar-refractivity contribution in [3.63, 3.8) is 0 Å². The first kappa shape index (κ1) is 21.7. The maximum Gasteiger partial charge on any atom is 0.257 e. The van der Waals surface area contributed by atoms with E-state index < -0.39 is 10.0 Å². The van der Waals surface area contributed by atoms with Crippen molar-refractivity contribution >= 4 is 42.6 Å². The van der Waals surface area contributed by atoms with Crippen LogP contribution in [0.15, 0.2) is 47.4 Å². The highest BCUT2D eigenvalue weighted by Crippen LogP contribution is 2.30. The molecule has 0 bridgehead atoms. The second kappa shape index (κ2) is 8.57. The number of amides is 1. The van der Waals surface area contributed by atoms with Gasteiger partial charge in [-0.3, -0.25) is 10.1 Å². The lowest BCUT2D eigenvalue weighted by atomic mass is 9.94. The first-order chi connectivity index (χ1) is 14.8. The van der Waals surface area contributed by atoms with Crippen molar-refractivity contribution in [2.24, 2.45) is 11.8 Å². The van der Waals surface area contributed by atoms with E-state index in [1.54, 1.807) is 11.4 Å². The molecule has 0 saturated carbocycles. The van der Waals surface area contributed by atoms with Crippen LogP contribution in [0.1, 0.15) is 30.6 Å². The number of anilines is 1. The summed E-state index contributed by atoms with van der Waals surface area (Å²) in [5.74, 6) is 1.05. The Kier molecular flexibility index (Phi) is 6.00. The van der Waals surface area contributed by atoms with Crippen LogP contribution in [-0.2, 0) is 10.0 Å². The number of piperidine rings is 1. The molecule has 2 atom stereocenters. The Hall–Kier alpha value is -2.49. The van der Waals surface area contributed by atoms with E-state index in [1.165, 1.54) is 35.6 Å². The molecule has 0 unspecified atom stereocenters. The standard InChI is InChI=1S/C22H25N3O4S2/c1-14-10-15(2)13-25(12-14)31(27,28)18-7-4-16(5-8-18)21(26)24-22-23-19-9-6-17(29-3)11-20(19)30-22/h4-9,11,14-15H,10,12-13H2,1-3H3,(H,23,24,26)/t14-,15-/m0/s1. The molecule has 1 aromatic heterocycles. The molecule has 31 heavy (non-hydrogen) atoms. The summed E-state index contributed by atoms with van der Waals surface area (Å²) in [6, 6.07) is 11.6. The fourth-order valence-corrected chi connectivity index (χ4v) is 6.55. The molecule has 1 saturated heterocycles. The third-order valence-corrected chi connectivity index (χ3v) is 8.19. The van der Waals surface area contributed by atoms with Gasteiger partial charge in [-0.25, -0.2) is 13.4 Å². The van der Waals surface area contributed by atoms with Gasteiger partial charge in [0.15, 0.2) is 5.13 Å². The van der Waals surface area contributed by atoms with Crippen molar-refractivity contribution in [1.29, 1.82) is 0 Å². The van der Waals surface area contributed by atoms with Crippen molar-refractivity contribution in [2.45, 2.75) is 25.2 Å². The molecule has 1 N–H and O–H groups in total. The van der Waals surface area contributed by atoms with Gasteiger partial charge in [0.05, 0.1) is 22.2 Å². The molecule has 4 rings (SSSR count). The Morgan fingerprint density at radius 1 is 1.13 bits per heavy atom. The van der Waals surface area contributed by atoms with E-state index in [1.807, 2.05) is 18.2 Å². The number of nitrogens with zero attached hydrogens (tertiary/aromatic N) is 2. The number of ether oxygens (including phenoxy) is 1. The molecule has 1 aliphatic rings. The normalized spacial score (nSPS) is 20.0. The van der Waals surface area contributed by atoms with Crippen LogP contribution >= 0.6 is 11.3 Å². The second-order valence-electron chi connectivity index (χ2n) is 8.10. The van der Waals surface area contributed by atoms with Gasteiger partial charge in [-0.05, 0) is 60.7 Å². The third-order valence-electron chi connectivity index (χ3n) is 5.41. The molecule has 1 amide bonds. The average Bonchev–Trinajstić information content (AvgIpc) is 3.14. The number of methoxy groups -OCH3 is 1. The van der Waals surface area contributed by atoms with Crippen LogP contribution in [0.3, 0.4) is 0 Å². The average molecular weight is 460 g/mol. The van der Waals surface area contributed by atoms with Gasteiger partial charge in [0.2, 0.25) is 10.0 Å². The summed E-state index contributed by atoms with van der Waals surface area (Å²) in [6.07, 6.45) is 1.03. The van der Waals surface area contributed by atoms with E-state index in [-0.39, 0.29) is 10.8 Å². The smallest absolute Gasteiger partial charge is 0.257 e. The minimum atomic E-state index is -3.57. The van der Waals surface area contributed by atoms with Crippen LogP contribution < -0.4 is 10.1 Å². The molecule has 164 valence electrons. The van der Waals surface area contributed by atoms with E-state index in [2.05, 4.69) is 24.1 Å².